The first-order valence-electron chi connectivity index (χ1n) is 8.11. The predicted molar refractivity (Wildman–Crippen MR) is 105 cm³/mol. The average molecular weight is 381 g/mol. The second-order valence-corrected chi connectivity index (χ2v) is 7.13. The van der Waals surface area contributed by atoms with Gasteiger partial charge in [-0.3, -0.25) is 4.55 Å². The number of hydrogen-bond donors (Lipinski definition) is 1. The van der Waals surface area contributed by atoms with Crippen LogP contribution >= 0.6 is 0 Å². The molecular weight excluding hydrogens is 362 g/mol. The Kier molecular flexibility index (Phi) is 7.12. The summed E-state index contributed by atoms with van der Waals surface area (Å²) in [5.41, 5.74) is 3.04. The first-order valence-corrected chi connectivity index (χ1v) is 9.72. The molecule has 5 nitrogen and oxygen atoms in total. The Morgan fingerprint density at radius 2 is 1.56 bits per heavy atom. The van der Waals surface area contributed by atoms with Crippen LogP contribution in [0.2, 0.25) is 0 Å². The van der Waals surface area contributed by atoms with E-state index in [2.05, 4.69) is 6.58 Å². The molecule has 0 spiro atoms. The first-order chi connectivity index (χ1) is 12.9. The van der Waals surface area contributed by atoms with Crippen LogP contribution in [0.1, 0.15) is 11.1 Å². The fourth-order valence-corrected chi connectivity index (χ4v) is 2.60. The minimum atomic E-state index is -4.13. The zero-order valence-electron chi connectivity index (χ0n) is 14.6. The van der Waals surface area contributed by atoms with E-state index in [1.807, 2.05) is 66.7 Å². The van der Waals surface area contributed by atoms with Crippen molar-refractivity contribution >= 4 is 15.7 Å². The Morgan fingerprint density at radius 3 is 2.00 bits per heavy atom. The number of nitrogens with zero attached hydrogens (tertiary/aromatic N) is 1. The number of hydrogen-bond acceptors (Lipinski definition) is 4. The van der Waals surface area contributed by atoms with Crippen molar-refractivity contribution < 1.29 is 17.7 Å². The van der Waals surface area contributed by atoms with Crippen molar-refractivity contribution in [3.63, 3.8) is 0 Å². The van der Waals surface area contributed by atoms with Crippen LogP contribution in [0.25, 0.3) is 5.57 Å². The smallest absolute Gasteiger partial charge is 0.268 e. The highest BCUT2D eigenvalue weighted by molar-refractivity contribution is 7.85. The number of ether oxygens (including phenoxy) is 1. The first kappa shape index (κ1) is 20.2. The van der Waals surface area contributed by atoms with Crippen LogP contribution in [0.5, 0.6) is 0 Å². The third-order valence-corrected chi connectivity index (χ3v) is 4.31. The summed E-state index contributed by atoms with van der Waals surface area (Å²) >= 11 is 0. The number of allylic oxidation sites excluding steroid dienone is 3. The molecule has 0 unspecified atom stereocenters. The zero-order chi connectivity index (χ0) is 19.7. The Labute approximate surface area is 159 Å². The molecule has 0 aliphatic heterocycles. The average Bonchev–Trinajstić information content (AvgIpc) is 2.65. The summed E-state index contributed by atoms with van der Waals surface area (Å²) in [7, 11) is -4.13. The van der Waals surface area contributed by atoms with E-state index in [9.17, 15) is 13.7 Å². The topological polar surface area (TPSA) is 87.4 Å². The molecule has 0 aromatic heterocycles. The molecule has 0 saturated heterocycles. The molecule has 0 fully saturated rings. The van der Waals surface area contributed by atoms with E-state index in [-0.39, 0.29) is 17.9 Å². The van der Waals surface area contributed by atoms with Gasteiger partial charge in [0, 0.05) is 0 Å². The van der Waals surface area contributed by atoms with Gasteiger partial charge in [0.15, 0.2) is 0 Å². The molecule has 6 heteroatoms. The Morgan fingerprint density at radius 1 is 1.04 bits per heavy atom. The maximum absolute atomic E-state index is 10.7. The van der Waals surface area contributed by atoms with Crippen molar-refractivity contribution in [2.45, 2.75) is 0 Å². The molecule has 0 atom stereocenters. The molecule has 27 heavy (non-hydrogen) atoms. The standard InChI is InChI=1S/C21H19NO4S/c1-17(26-14-15-27(23,24)25)20(16-22)12-13-21(18-8-4-2-5-9-18)19-10-6-3-7-11-19/h2-13H,1,14-15H2,(H,23,24,25)/b20-12+. The van der Waals surface area contributed by atoms with Gasteiger partial charge in [-0.1, -0.05) is 73.3 Å². The summed E-state index contributed by atoms with van der Waals surface area (Å²) in [5.74, 6) is -0.530. The lowest BCUT2D eigenvalue weighted by atomic mass is 9.97. The van der Waals surface area contributed by atoms with Gasteiger partial charge < -0.3 is 4.74 Å². The Balaban J connectivity index is 2.29. The van der Waals surface area contributed by atoms with E-state index in [0.717, 1.165) is 16.7 Å². The van der Waals surface area contributed by atoms with Gasteiger partial charge in [-0.05, 0) is 22.8 Å². The lowest BCUT2D eigenvalue weighted by Crippen LogP contribution is -2.10. The van der Waals surface area contributed by atoms with Crippen LogP contribution in [0.3, 0.4) is 0 Å². The van der Waals surface area contributed by atoms with Crippen molar-refractivity contribution in [2.75, 3.05) is 12.4 Å². The van der Waals surface area contributed by atoms with Crippen molar-refractivity contribution in [1.82, 2.24) is 0 Å². The fraction of sp³-hybridized carbons (Fsp3) is 0.0952. The molecule has 0 saturated carbocycles. The summed E-state index contributed by atoms with van der Waals surface area (Å²) < 4.78 is 35.4. The number of rotatable bonds is 8. The second kappa shape index (κ2) is 9.53. The third kappa shape index (κ3) is 6.59. The van der Waals surface area contributed by atoms with Gasteiger partial charge in [0.25, 0.3) is 10.1 Å². The van der Waals surface area contributed by atoms with Gasteiger partial charge in [0.1, 0.15) is 24.2 Å². The highest BCUT2D eigenvalue weighted by atomic mass is 32.2. The third-order valence-electron chi connectivity index (χ3n) is 3.62. The summed E-state index contributed by atoms with van der Waals surface area (Å²) in [5, 5.41) is 9.35. The lowest BCUT2D eigenvalue weighted by molar-refractivity contribution is 0.240. The van der Waals surface area contributed by atoms with Crippen LogP contribution in [-0.4, -0.2) is 25.3 Å². The molecule has 0 heterocycles. The van der Waals surface area contributed by atoms with Crippen LogP contribution < -0.4 is 0 Å². The zero-order valence-corrected chi connectivity index (χ0v) is 15.4. The van der Waals surface area contributed by atoms with Crippen molar-refractivity contribution in [3.8, 4) is 6.07 Å². The summed E-state index contributed by atoms with van der Waals surface area (Å²) in [6, 6.07) is 21.4. The maximum Gasteiger partial charge on any atom is 0.268 e. The largest absolute Gasteiger partial charge is 0.492 e. The van der Waals surface area contributed by atoms with Gasteiger partial charge >= 0.3 is 0 Å². The van der Waals surface area contributed by atoms with Gasteiger partial charge in [0.2, 0.25) is 0 Å². The molecule has 2 aromatic carbocycles. The lowest BCUT2D eigenvalue weighted by Gasteiger charge is -2.09. The van der Waals surface area contributed by atoms with Crippen LogP contribution in [0.15, 0.2) is 90.7 Å². The second-order valence-electron chi connectivity index (χ2n) is 5.56. The van der Waals surface area contributed by atoms with Gasteiger partial charge in [0.05, 0.1) is 5.57 Å². The molecule has 138 valence electrons. The van der Waals surface area contributed by atoms with Crippen molar-refractivity contribution in [3.05, 3.63) is 102 Å². The highest BCUT2D eigenvalue weighted by Crippen LogP contribution is 2.24. The predicted octanol–water partition coefficient (Wildman–Crippen LogP) is 3.99. The molecule has 0 aliphatic carbocycles. The van der Waals surface area contributed by atoms with Crippen LogP contribution in [0, 0.1) is 11.3 Å². The van der Waals surface area contributed by atoms with E-state index < -0.39 is 15.9 Å². The fourth-order valence-electron chi connectivity index (χ4n) is 2.30. The van der Waals surface area contributed by atoms with Crippen LogP contribution in [0.4, 0.5) is 0 Å². The van der Waals surface area contributed by atoms with Crippen molar-refractivity contribution in [2.24, 2.45) is 0 Å². The van der Waals surface area contributed by atoms with E-state index in [0.29, 0.717) is 0 Å². The van der Waals surface area contributed by atoms with E-state index in [4.69, 9.17) is 9.29 Å². The SMILES string of the molecule is C=C(OCCS(=O)(=O)O)/C(C#N)=C/C=C(c1ccccc1)c1ccccc1. The van der Waals surface area contributed by atoms with Gasteiger partial charge in [-0.25, -0.2) is 0 Å². The van der Waals surface area contributed by atoms with E-state index >= 15 is 0 Å². The molecule has 2 rings (SSSR count). The molecule has 0 aliphatic rings. The monoisotopic (exact) mass is 381 g/mol. The van der Waals surface area contributed by atoms with Gasteiger partial charge in [-0.15, -0.1) is 0 Å². The normalized spacial score (nSPS) is 11.3. The molecule has 1 N–H and O–H groups in total. The molecule has 2 aromatic rings. The number of nitriles is 1. The van der Waals surface area contributed by atoms with Crippen molar-refractivity contribution in [1.29, 1.82) is 5.26 Å². The summed E-state index contributed by atoms with van der Waals surface area (Å²) in [4.78, 5) is 0. The molecule has 0 amide bonds. The van der Waals surface area contributed by atoms with Gasteiger partial charge in [-0.2, -0.15) is 13.7 Å². The minimum absolute atomic E-state index is 0.0397. The van der Waals surface area contributed by atoms with Crippen LogP contribution in [-0.2, 0) is 14.9 Å². The van der Waals surface area contributed by atoms with E-state index in [1.165, 1.54) is 0 Å². The maximum atomic E-state index is 10.7. The molecule has 0 bridgehead atoms. The molecular formula is C21H19NO4S. The van der Waals surface area contributed by atoms with E-state index in [1.54, 1.807) is 12.2 Å². The highest BCUT2D eigenvalue weighted by Gasteiger charge is 2.08. The summed E-state index contributed by atoms with van der Waals surface area (Å²) in [6.07, 6.45) is 3.37. The quantitative estimate of drug-likeness (QED) is 0.323. The summed E-state index contributed by atoms with van der Waals surface area (Å²) in [6.45, 7) is 3.36. The minimum Gasteiger partial charge on any atom is -0.492 e. The number of benzene rings is 2. The molecule has 0 radical (unpaired) electrons. The Hall–Kier alpha value is -3.14. The Bertz CT molecular complexity index is 944.